The fourth-order valence-corrected chi connectivity index (χ4v) is 2.24. The quantitative estimate of drug-likeness (QED) is 0.591. The number of likely N-dealkylation sites (tertiary alicyclic amines) is 1. The molecule has 1 rings (SSSR count). The van der Waals surface area contributed by atoms with Gasteiger partial charge < -0.3 is 9.64 Å². The smallest absolute Gasteiger partial charge is 0.310 e. The van der Waals surface area contributed by atoms with E-state index in [1.807, 2.05) is 13.8 Å². The number of carbonyl (C=O) groups is 2. The van der Waals surface area contributed by atoms with Crippen LogP contribution in [0.1, 0.15) is 33.6 Å². The molecule has 1 unspecified atom stereocenters. The topological polar surface area (TPSA) is 46.6 Å². The van der Waals surface area contributed by atoms with Crippen LogP contribution in [0.4, 0.5) is 0 Å². The lowest BCUT2D eigenvalue weighted by Gasteiger charge is -2.34. The molecule has 1 aliphatic heterocycles. The predicted octanol–water partition coefficient (Wildman–Crippen LogP) is 1.96. The molecule has 0 bridgehead atoms. The third-order valence-electron chi connectivity index (χ3n) is 2.84. The second-order valence-corrected chi connectivity index (χ2v) is 6.80. The molecule has 1 atom stereocenters. The number of alkyl halides is 1. The SMILES string of the molecule is CCOC(=O)C1CCCN(C(=O)C(C)(C)Br)C1. The van der Waals surface area contributed by atoms with E-state index in [2.05, 4.69) is 15.9 Å². The molecule has 1 aliphatic rings. The molecule has 0 spiro atoms. The molecule has 1 saturated heterocycles. The summed E-state index contributed by atoms with van der Waals surface area (Å²) >= 11 is 3.36. The Morgan fingerprint density at radius 3 is 2.65 bits per heavy atom. The largest absolute Gasteiger partial charge is 0.466 e. The van der Waals surface area contributed by atoms with E-state index in [1.54, 1.807) is 11.8 Å². The van der Waals surface area contributed by atoms with Crippen molar-refractivity contribution in [1.29, 1.82) is 0 Å². The van der Waals surface area contributed by atoms with E-state index in [-0.39, 0.29) is 17.8 Å². The maximum absolute atomic E-state index is 12.1. The van der Waals surface area contributed by atoms with Crippen molar-refractivity contribution in [2.45, 2.75) is 37.9 Å². The fourth-order valence-electron chi connectivity index (χ4n) is 1.99. The van der Waals surface area contributed by atoms with Gasteiger partial charge in [0.15, 0.2) is 0 Å². The summed E-state index contributed by atoms with van der Waals surface area (Å²) in [6, 6.07) is 0. The van der Waals surface area contributed by atoms with Gasteiger partial charge in [0.05, 0.1) is 16.8 Å². The van der Waals surface area contributed by atoms with Crippen LogP contribution in [0, 0.1) is 5.92 Å². The molecule has 0 aromatic carbocycles. The summed E-state index contributed by atoms with van der Waals surface area (Å²) in [4.78, 5) is 25.5. The summed E-state index contributed by atoms with van der Waals surface area (Å²) in [5.74, 6) is -0.314. The Kier molecular flexibility index (Phi) is 4.98. The lowest BCUT2D eigenvalue weighted by atomic mass is 9.97. The Morgan fingerprint density at radius 1 is 1.47 bits per heavy atom. The molecule has 5 heteroatoms. The Labute approximate surface area is 111 Å². The van der Waals surface area contributed by atoms with Gasteiger partial charge in [-0.2, -0.15) is 0 Å². The molecule has 0 aromatic heterocycles. The van der Waals surface area contributed by atoms with Crippen molar-refractivity contribution >= 4 is 27.8 Å². The highest BCUT2D eigenvalue weighted by Gasteiger charge is 2.34. The average Bonchev–Trinajstić information content (AvgIpc) is 2.27. The van der Waals surface area contributed by atoms with E-state index in [1.165, 1.54) is 0 Å². The first-order valence-corrected chi connectivity index (χ1v) is 6.80. The summed E-state index contributed by atoms with van der Waals surface area (Å²) in [5, 5.41) is 0. The number of nitrogens with zero attached hydrogens (tertiary/aromatic N) is 1. The van der Waals surface area contributed by atoms with Gasteiger partial charge in [-0.25, -0.2) is 0 Å². The van der Waals surface area contributed by atoms with E-state index in [4.69, 9.17) is 4.74 Å². The summed E-state index contributed by atoms with van der Waals surface area (Å²) < 4.78 is 4.44. The highest BCUT2D eigenvalue weighted by Crippen LogP contribution is 2.24. The van der Waals surface area contributed by atoms with Gasteiger partial charge in [0.2, 0.25) is 5.91 Å². The molecule has 1 heterocycles. The van der Waals surface area contributed by atoms with E-state index in [9.17, 15) is 9.59 Å². The average molecular weight is 306 g/mol. The molecular formula is C12H20BrNO3. The van der Waals surface area contributed by atoms with Crippen molar-refractivity contribution in [2.24, 2.45) is 5.92 Å². The van der Waals surface area contributed by atoms with Crippen LogP contribution < -0.4 is 0 Å². The van der Waals surface area contributed by atoms with Crippen LogP contribution in [-0.2, 0) is 14.3 Å². The standard InChI is InChI=1S/C12H20BrNO3/c1-4-17-10(15)9-6-5-7-14(8-9)11(16)12(2,3)13/h9H,4-8H2,1-3H3. The molecular weight excluding hydrogens is 286 g/mol. The fraction of sp³-hybridized carbons (Fsp3) is 0.833. The first-order chi connectivity index (χ1) is 7.86. The number of ether oxygens (including phenoxy) is 1. The highest BCUT2D eigenvalue weighted by atomic mass is 79.9. The minimum absolute atomic E-state index is 0.0338. The van der Waals surface area contributed by atoms with Crippen molar-refractivity contribution in [3.63, 3.8) is 0 Å². The normalized spacial score (nSPS) is 21.2. The maximum Gasteiger partial charge on any atom is 0.310 e. The van der Waals surface area contributed by atoms with Crippen LogP contribution in [0.25, 0.3) is 0 Å². The number of carbonyl (C=O) groups excluding carboxylic acids is 2. The van der Waals surface area contributed by atoms with Crippen molar-refractivity contribution in [1.82, 2.24) is 4.90 Å². The summed E-state index contributed by atoms with van der Waals surface area (Å²) in [6.07, 6.45) is 1.67. The molecule has 1 amide bonds. The number of amides is 1. The molecule has 0 aromatic rings. The molecule has 0 saturated carbocycles. The Morgan fingerprint density at radius 2 is 2.12 bits per heavy atom. The Bertz CT molecular complexity index is 299. The monoisotopic (exact) mass is 305 g/mol. The molecule has 17 heavy (non-hydrogen) atoms. The minimum atomic E-state index is -0.566. The van der Waals surface area contributed by atoms with Gasteiger partial charge >= 0.3 is 5.97 Å². The van der Waals surface area contributed by atoms with Crippen molar-refractivity contribution in [3.8, 4) is 0 Å². The summed E-state index contributed by atoms with van der Waals surface area (Å²) in [7, 11) is 0. The van der Waals surface area contributed by atoms with Gasteiger partial charge in [-0.1, -0.05) is 15.9 Å². The molecule has 0 aliphatic carbocycles. The van der Waals surface area contributed by atoms with Crippen LogP contribution in [-0.4, -0.2) is 40.8 Å². The zero-order valence-corrected chi connectivity index (χ0v) is 12.2. The number of rotatable bonds is 3. The zero-order valence-electron chi connectivity index (χ0n) is 10.7. The van der Waals surface area contributed by atoms with Crippen molar-refractivity contribution in [2.75, 3.05) is 19.7 Å². The number of halogens is 1. The third-order valence-corrected chi connectivity index (χ3v) is 3.18. The second-order valence-electron chi connectivity index (χ2n) is 4.81. The number of esters is 1. The number of piperidine rings is 1. The molecule has 1 fully saturated rings. The first kappa shape index (κ1) is 14.5. The van der Waals surface area contributed by atoms with E-state index >= 15 is 0 Å². The van der Waals surface area contributed by atoms with Crippen LogP contribution >= 0.6 is 15.9 Å². The van der Waals surface area contributed by atoms with E-state index < -0.39 is 4.32 Å². The summed E-state index contributed by atoms with van der Waals surface area (Å²) in [6.45, 7) is 7.04. The molecule has 0 radical (unpaired) electrons. The van der Waals surface area contributed by atoms with Crippen molar-refractivity contribution < 1.29 is 14.3 Å². The van der Waals surface area contributed by atoms with Gasteiger partial charge in [0.25, 0.3) is 0 Å². The second kappa shape index (κ2) is 5.85. The molecule has 0 N–H and O–H groups in total. The van der Waals surface area contributed by atoms with Crippen LogP contribution in [0.3, 0.4) is 0 Å². The zero-order chi connectivity index (χ0) is 13.1. The minimum Gasteiger partial charge on any atom is -0.466 e. The van der Waals surface area contributed by atoms with E-state index in [0.717, 1.165) is 19.4 Å². The Hall–Kier alpha value is -0.580. The van der Waals surface area contributed by atoms with Gasteiger partial charge in [-0.15, -0.1) is 0 Å². The lowest BCUT2D eigenvalue weighted by Crippen LogP contribution is -2.48. The maximum atomic E-state index is 12.1. The number of hydrogen-bond donors (Lipinski definition) is 0. The van der Waals surface area contributed by atoms with Gasteiger partial charge in [-0.3, -0.25) is 9.59 Å². The van der Waals surface area contributed by atoms with Crippen LogP contribution in [0.2, 0.25) is 0 Å². The number of hydrogen-bond acceptors (Lipinski definition) is 3. The van der Waals surface area contributed by atoms with Gasteiger partial charge in [0.1, 0.15) is 0 Å². The van der Waals surface area contributed by atoms with Gasteiger partial charge in [-0.05, 0) is 33.6 Å². The third kappa shape index (κ3) is 3.98. The summed E-state index contributed by atoms with van der Waals surface area (Å²) in [5.41, 5.74) is 0. The first-order valence-electron chi connectivity index (χ1n) is 6.01. The van der Waals surface area contributed by atoms with Crippen molar-refractivity contribution in [3.05, 3.63) is 0 Å². The van der Waals surface area contributed by atoms with Crippen LogP contribution in [0.15, 0.2) is 0 Å². The molecule has 98 valence electrons. The van der Waals surface area contributed by atoms with Gasteiger partial charge in [0, 0.05) is 13.1 Å². The highest BCUT2D eigenvalue weighted by molar-refractivity contribution is 9.10. The van der Waals surface area contributed by atoms with E-state index in [0.29, 0.717) is 13.2 Å². The lowest BCUT2D eigenvalue weighted by molar-refractivity contribution is -0.151. The Balaban J connectivity index is 2.61. The van der Waals surface area contributed by atoms with Crippen LogP contribution in [0.5, 0.6) is 0 Å². The molecule has 4 nitrogen and oxygen atoms in total. The predicted molar refractivity (Wildman–Crippen MR) is 68.9 cm³/mol.